The van der Waals surface area contributed by atoms with E-state index in [1.165, 1.54) is 64.2 Å². The Bertz CT molecular complexity index is 1080. The van der Waals surface area contributed by atoms with Crippen molar-refractivity contribution in [2.45, 2.75) is 174 Å². The number of ether oxygens (including phenoxy) is 2. The maximum absolute atomic E-state index is 12.6. The zero-order chi connectivity index (χ0) is 40.3. The summed E-state index contributed by atoms with van der Waals surface area (Å²) in [7, 11) is -4.53. The standard InChI is InChI=1S/C45H79O9P/c1-3-5-7-9-11-13-15-17-18-19-20-21-22-23-24-25-27-29-31-33-35-37-45(48)54-44(42-53-55(49,50)52-40-43(47)39-46)41-51-38-36-34-32-30-28-26-16-14-12-10-8-6-4-2/h5,7,11,13,17-18,20-21,23-24,27,29,43-44,46-47H,3-4,6,8-10,12,14-16,19,22,25-26,28,30-42H2,1-2H3,(H,49,50)/b7-5-,13-11-,18-17-,21-20-,24-23-,29-27-. The van der Waals surface area contributed by atoms with Gasteiger partial charge in [0.25, 0.3) is 0 Å². The summed E-state index contributed by atoms with van der Waals surface area (Å²) in [6.45, 7) is 3.33. The van der Waals surface area contributed by atoms with E-state index < -0.39 is 45.8 Å². The molecule has 0 amide bonds. The Hall–Kier alpha value is -2.10. The summed E-state index contributed by atoms with van der Waals surface area (Å²) in [4.78, 5) is 22.5. The monoisotopic (exact) mass is 795 g/mol. The highest BCUT2D eigenvalue weighted by atomic mass is 31.2. The van der Waals surface area contributed by atoms with Crippen molar-refractivity contribution in [2.75, 3.05) is 33.0 Å². The molecule has 0 fully saturated rings. The molecule has 10 heteroatoms. The van der Waals surface area contributed by atoms with E-state index in [1.54, 1.807) is 0 Å². The van der Waals surface area contributed by atoms with Crippen LogP contribution in [-0.4, -0.2) is 66.3 Å². The maximum Gasteiger partial charge on any atom is 0.472 e. The smallest absolute Gasteiger partial charge is 0.457 e. The fourth-order valence-corrected chi connectivity index (χ4v) is 6.21. The number of unbranched alkanes of at least 4 members (excludes halogenated alkanes) is 14. The van der Waals surface area contributed by atoms with Crippen molar-refractivity contribution in [1.29, 1.82) is 0 Å². The van der Waals surface area contributed by atoms with Crippen molar-refractivity contribution in [3.63, 3.8) is 0 Å². The first kappa shape index (κ1) is 52.9. The fraction of sp³-hybridized carbons (Fsp3) is 0.711. The molecule has 0 heterocycles. The molecule has 318 valence electrons. The molecule has 3 unspecified atom stereocenters. The lowest BCUT2D eigenvalue weighted by Gasteiger charge is -2.20. The summed E-state index contributed by atoms with van der Waals surface area (Å²) in [6, 6.07) is 0. The molecule has 0 aliphatic carbocycles. The fourth-order valence-electron chi connectivity index (χ4n) is 5.42. The number of hydrogen-bond acceptors (Lipinski definition) is 8. The van der Waals surface area contributed by atoms with E-state index in [9.17, 15) is 19.4 Å². The van der Waals surface area contributed by atoms with Crippen LogP contribution in [0, 0.1) is 0 Å². The van der Waals surface area contributed by atoms with Crippen LogP contribution in [0.15, 0.2) is 72.9 Å². The summed E-state index contributed by atoms with van der Waals surface area (Å²) in [6.07, 6.45) is 48.6. The van der Waals surface area contributed by atoms with E-state index in [-0.39, 0.29) is 13.0 Å². The predicted octanol–water partition coefficient (Wildman–Crippen LogP) is 11.8. The van der Waals surface area contributed by atoms with Crippen LogP contribution >= 0.6 is 7.82 Å². The Kier molecular flexibility index (Phi) is 39.9. The van der Waals surface area contributed by atoms with Crippen LogP contribution in [-0.2, 0) is 27.9 Å². The zero-order valence-electron chi connectivity index (χ0n) is 34.6. The van der Waals surface area contributed by atoms with E-state index in [1.807, 2.05) is 0 Å². The molecular formula is C45H79O9P. The molecular weight excluding hydrogens is 715 g/mol. The summed E-state index contributed by atoms with van der Waals surface area (Å²) < 4.78 is 33.3. The lowest BCUT2D eigenvalue weighted by atomic mass is 10.0. The molecule has 0 bridgehead atoms. The second kappa shape index (κ2) is 41.5. The minimum absolute atomic E-state index is 0.0296. The van der Waals surface area contributed by atoms with E-state index in [0.717, 1.165) is 70.6 Å². The highest BCUT2D eigenvalue weighted by molar-refractivity contribution is 7.47. The average Bonchev–Trinajstić information content (AvgIpc) is 3.18. The van der Waals surface area contributed by atoms with Crippen LogP contribution in [0.25, 0.3) is 0 Å². The van der Waals surface area contributed by atoms with Gasteiger partial charge in [-0.25, -0.2) is 4.57 Å². The second-order valence-electron chi connectivity index (χ2n) is 14.0. The molecule has 3 N–H and O–H groups in total. The lowest BCUT2D eigenvalue weighted by Crippen LogP contribution is -2.29. The van der Waals surface area contributed by atoms with Crippen molar-refractivity contribution in [2.24, 2.45) is 0 Å². The van der Waals surface area contributed by atoms with Crippen LogP contribution in [0.1, 0.15) is 162 Å². The Morgan fingerprint density at radius 1 is 0.582 bits per heavy atom. The van der Waals surface area contributed by atoms with Gasteiger partial charge in [0.1, 0.15) is 12.2 Å². The third-order valence-corrected chi connectivity index (χ3v) is 9.61. The summed E-state index contributed by atoms with van der Waals surface area (Å²) >= 11 is 0. The molecule has 0 aliphatic rings. The molecule has 0 aliphatic heterocycles. The number of carbonyl (C=O) groups is 1. The van der Waals surface area contributed by atoms with Crippen molar-refractivity contribution < 1.29 is 43.0 Å². The topological polar surface area (TPSA) is 132 Å². The van der Waals surface area contributed by atoms with Crippen molar-refractivity contribution >= 4 is 13.8 Å². The Morgan fingerprint density at radius 3 is 1.53 bits per heavy atom. The van der Waals surface area contributed by atoms with Gasteiger partial charge in [0.05, 0.1) is 26.4 Å². The van der Waals surface area contributed by atoms with Crippen molar-refractivity contribution in [1.82, 2.24) is 0 Å². The number of phosphoric acid groups is 1. The molecule has 3 atom stereocenters. The quantitative estimate of drug-likeness (QED) is 0.0240. The summed E-state index contributed by atoms with van der Waals surface area (Å²) in [5, 5.41) is 18.3. The predicted molar refractivity (Wildman–Crippen MR) is 228 cm³/mol. The molecule has 0 aromatic rings. The van der Waals surface area contributed by atoms with Gasteiger partial charge < -0.3 is 24.6 Å². The first-order valence-electron chi connectivity index (χ1n) is 21.4. The maximum atomic E-state index is 12.6. The van der Waals surface area contributed by atoms with Gasteiger partial charge in [-0.3, -0.25) is 13.8 Å². The van der Waals surface area contributed by atoms with E-state index in [2.05, 4.69) is 86.8 Å². The molecule has 0 saturated heterocycles. The first-order valence-corrected chi connectivity index (χ1v) is 22.9. The molecule has 9 nitrogen and oxygen atoms in total. The Labute approximate surface area is 335 Å². The molecule has 55 heavy (non-hydrogen) atoms. The van der Waals surface area contributed by atoms with Crippen molar-refractivity contribution in [3.05, 3.63) is 72.9 Å². The summed E-state index contributed by atoms with van der Waals surface area (Å²) in [5.41, 5.74) is 0. The largest absolute Gasteiger partial charge is 0.472 e. The van der Waals surface area contributed by atoms with E-state index in [0.29, 0.717) is 13.0 Å². The third-order valence-electron chi connectivity index (χ3n) is 8.66. The molecule has 0 radical (unpaired) electrons. The highest BCUT2D eigenvalue weighted by Crippen LogP contribution is 2.43. The van der Waals surface area contributed by atoms with Gasteiger partial charge in [-0.05, 0) is 64.2 Å². The highest BCUT2D eigenvalue weighted by Gasteiger charge is 2.26. The van der Waals surface area contributed by atoms with Gasteiger partial charge in [-0.15, -0.1) is 0 Å². The average molecular weight is 795 g/mol. The number of aliphatic hydroxyl groups excluding tert-OH is 2. The molecule has 0 aromatic carbocycles. The third kappa shape index (κ3) is 41.4. The Morgan fingerprint density at radius 2 is 1.04 bits per heavy atom. The van der Waals surface area contributed by atoms with Gasteiger partial charge in [0.15, 0.2) is 0 Å². The number of hydrogen-bond donors (Lipinski definition) is 3. The molecule has 0 spiro atoms. The van der Waals surface area contributed by atoms with Crippen molar-refractivity contribution in [3.8, 4) is 0 Å². The van der Waals surface area contributed by atoms with E-state index in [4.69, 9.17) is 23.6 Å². The van der Waals surface area contributed by atoms with Gasteiger partial charge in [0, 0.05) is 13.0 Å². The minimum Gasteiger partial charge on any atom is -0.457 e. The number of esters is 1. The number of phosphoric ester groups is 1. The number of aliphatic hydroxyl groups is 2. The first-order chi connectivity index (χ1) is 26.8. The Balaban J connectivity index is 4.28. The number of rotatable bonds is 40. The van der Waals surface area contributed by atoms with Gasteiger partial charge in [-0.2, -0.15) is 0 Å². The van der Waals surface area contributed by atoms with Gasteiger partial charge >= 0.3 is 13.8 Å². The van der Waals surface area contributed by atoms with Crippen LogP contribution in [0.2, 0.25) is 0 Å². The molecule has 0 aromatic heterocycles. The van der Waals surface area contributed by atoms with E-state index >= 15 is 0 Å². The van der Waals surface area contributed by atoms with Gasteiger partial charge in [0.2, 0.25) is 0 Å². The van der Waals surface area contributed by atoms with Gasteiger partial charge in [-0.1, -0.05) is 164 Å². The molecule has 0 rings (SSSR count). The number of carbonyl (C=O) groups excluding carboxylic acids is 1. The normalized spacial score (nSPS) is 14.8. The summed E-state index contributed by atoms with van der Waals surface area (Å²) in [5.74, 6) is -0.426. The molecule has 0 saturated carbocycles. The zero-order valence-corrected chi connectivity index (χ0v) is 35.5. The van der Waals surface area contributed by atoms with Crippen LogP contribution in [0.4, 0.5) is 0 Å². The second-order valence-corrected chi connectivity index (χ2v) is 15.4. The SMILES string of the molecule is CC/C=C\C/C=C\C/C=C\C/C=C\C/C=C\C/C=C\CCCCC(=O)OC(COCCCCCCCCCCCCCCC)COP(=O)(O)OCC(O)CO. The number of allylic oxidation sites excluding steroid dienone is 12. The lowest BCUT2D eigenvalue weighted by molar-refractivity contribution is -0.154. The van der Waals surface area contributed by atoms with Crippen LogP contribution in [0.3, 0.4) is 0 Å². The van der Waals surface area contributed by atoms with Crippen LogP contribution < -0.4 is 0 Å². The minimum atomic E-state index is -4.53. The van der Waals surface area contributed by atoms with Crippen LogP contribution in [0.5, 0.6) is 0 Å².